The molecule has 0 radical (unpaired) electrons. The molecule has 0 saturated carbocycles. The first-order valence-electron chi connectivity index (χ1n) is 6.65. The zero-order valence-electron chi connectivity index (χ0n) is 11.9. The van der Waals surface area contributed by atoms with Gasteiger partial charge in [-0.2, -0.15) is 9.64 Å². The highest BCUT2D eigenvalue weighted by Gasteiger charge is 2.02. The Labute approximate surface area is 150 Å². The molecule has 0 spiro atoms. The van der Waals surface area contributed by atoms with Crippen LogP contribution in [-0.4, -0.2) is 14.4 Å². The van der Waals surface area contributed by atoms with E-state index in [0.29, 0.717) is 0 Å². The van der Waals surface area contributed by atoms with Crippen molar-refractivity contribution < 1.29 is 0 Å². The zero-order valence-corrected chi connectivity index (χ0v) is 15.1. The number of hydrogen-bond donors (Lipinski definition) is 0. The highest BCUT2D eigenvalue weighted by Crippen LogP contribution is 2.30. The van der Waals surface area contributed by atoms with Gasteiger partial charge in [-0.25, -0.2) is 4.98 Å². The maximum absolute atomic E-state index is 8.37. The highest BCUT2D eigenvalue weighted by atomic mass is 32.2. The van der Waals surface area contributed by atoms with Gasteiger partial charge in [-0.15, -0.1) is 11.3 Å². The van der Waals surface area contributed by atoms with Gasteiger partial charge in [0.2, 0.25) is 0 Å². The summed E-state index contributed by atoms with van der Waals surface area (Å²) in [6.07, 6.45) is 1.89. The summed E-state index contributed by atoms with van der Waals surface area (Å²) in [7, 11) is 0. The molecule has 114 valence electrons. The summed E-state index contributed by atoms with van der Waals surface area (Å²) in [6, 6.07) is 16.3. The molecule has 0 saturated heterocycles. The van der Waals surface area contributed by atoms with Crippen molar-refractivity contribution in [1.82, 2.24) is 9.36 Å². The lowest BCUT2D eigenvalue weighted by Crippen LogP contribution is -1.69. The number of para-hydroxylation sites is 1. The van der Waals surface area contributed by atoms with Crippen molar-refractivity contribution >= 4 is 66.7 Å². The quantitative estimate of drug-likeness (QED) is 0.195. The lowest BCUT2D eigenvalue weighted by Gasteiger charge is -1.87. The van der Waals surface area contributed by atoms with Gasteiger partial charge in [0.1, 0.15) is 5.40 Å². The van der Waals surface area contributed by atoms with E-state index in [9.17, 15) is 0 Å². The van der Waals surface area contributed by atoms with Crippen molar-refractivity contribution in [2.45, 2.75) is 4.34 Å². The Bertz CT molecular complexity index is 876. The van der Waals surface area contributed by atoms with Gasteiger partial charge in [-0.1, -0.05) is 42.1 Å². The zero-order chi connectivity index (χ0) is 15.9. The van der Waals surface area contributed by atoms with Gasteiger partial charge in [-0.3, -0.25) is 0 Å². The maximum atomic E-state index is 8.37. The van der Waals surface area contributed by atoms with Crippen LogP contribution in [0.2, 0.25) is 0 Å². The number of hydrogen-bond acceptors (Lipinski definition) is 7. The molecule has 0 aliphatic rings. The minimum absolute atomic E-state index is 0.746. The molecule has 23 heavy (non-hydrogen) atoms. The van der Waals surface area contributed by atoms with Crippen LogP contribution in [-0.2, 0) is 0 Å². The number of aromatic nitrogens is 2. The van der Waals surface area contributed by atoms with Crippen molar-refractivity contribution in [1.29, 1.82) is 5.26 Å². The Morgan fingerprint density at radius 2 is 1.83 bits per heavy atom. The van der Waals surface area contributed by atoms with Gasteiger partial charge in [0.05, 0.1) is 20.0 Å². The molecule has 4 rings (SSSR count). The molecule has 7 heteroatoms. The van der Waals surface area contributed by atoms with Crippen LogP contribution < -0.4 is 0 Å². The summed E-state index contributed by atoms with van der Waals surface area (Å²) in [6.45, 7) is 0. The van der Waals surface area contributed by atoms with E-state index in [1.807, 2.05) is 41.9 Å². The second kappa shape index (κ2) is 8.31. The number of nitriles is 1. The molecule has 0 fully saturated rings. The molecule has 2 aromatic carbocycles. The van der Waals surface area contributed by atoms with Crippen molar-refractivity contribution in [3.05, 3.63) is 54.7 Å². The molecule has 0 aliphatic heterocycles. The lowest BCUT2D eigenvalue weighted by molar-refractivity contribution is 1.31. The summed E-state index contributed by atoms with van der Waals surface area (Å²) in [5, 5.41) is 12.4. The highest BCUT2D eigenvalue weighted by molar-refractivity contribution is 8.18. The normalized spacial score (nSPS) is 10.2. The molecule has 0 unspecified atom stereocenters. The SMILES string of the molecule is N#CSCSc1nc2ccccc2s1.c1ccc2sncc2c1. The Morgan fingerprint density at radius 3 is 2.61 bits per heavy atom. The van der Waals surface area contributed by atoms with E-state index in [0.717, 1.165) is 14.9 Å². The Morgan fingerprint density at radius 1 is 1.04 bits per heavy atom. The van der Waals surface area contributed by atoms with Gasteiger partial charge in [0, 0.05) is 11.6 Å². The van der Waals surface area contributed by atoms with Crippen LogP contribution in [0.5, 0.6) is 0 Å². The summed E-state index contributed by atoms with van der Waals surface area (Å²) >= 11 is 6.08. The van der Waals surface area contributed by atoms with Crippen LogP contribution in [0.3, 0.4) is 0 Å². The average Bonchev–Trinajstić information content (AvgIpc) is 3.22. The predicted molar refractivity (Wildman–Crippen MR) is 103 cm³/mol. The average molecular weight is 374 g/mol. The molecule has 0 amide bonds. The first-order valence-corrected chi connectivity index (χ1v) is 10.2. The van der Waals surface area contributed by atoms with E-state index < -0.39 is 0 Å². The lowest BCUT2D eigenvalue weighted by atomic mass is 10.3. The number of nitrogens with zero attached hydrogens (tertiary/aromatic N) is 3. The molecule has 0 bridgehead atoms. The first-order chi connectivity index (χ1) is 11.4. The number of thiocyanates is 1. The topological polar surface area (TPSA) is 49.6 Å². The van der Waals surface area contributed by atoms with E-state index in [4.69, 9.17) is 5.26 Å². The van der Waals surface area contributed by atoms with Gasteiger partial charge in [0.15, 0.2) is 4.34 Å². The number of thiazole rings is 1. The molecule has 0 aliphatic carbocycles. The molecule has 0 atom stereocenters. The molecular formula is C16H11N3S4. The molecule has 2 heterocycles. The molecule has 3 nitrogen and oxygen atoms in total. The third-order valence-corrected chi connectivity index (χ3v) is 6.47. The van der Waals surface area contributed by atoms with Crippen LogP contribution in [0.1, 0.15) is 0 Å². The van der Waals surface area contributed by atoms with E-state index in [2.05, 4.69) is 27.6 Å². The van der Waals surface area contributed by atoms with Crippen LogP contribution in [0.25, 0.3) is 20.3 Å². The second-order valence-electron chi connectivity index (χ2n) is 4.31. The van der Waals surface area contributed by atoms with Gasteiger partial charge >= 0.3 is 0 Å². The molecular weight excluding hydrogens is 362 g/mol. The monoisotopic (exact) mass is 373 g/mol. The van der Waals surface area contributed by atoms with Crippen molar-refractivity contribution in [2.75, 3.05) is 5.08 Å². The van der Waals surface area contributed by atoms with Crippen LogP contribution in [0.15, 0.2) is 59.1 Å². The first kappa shape index (κ1) is 16.3. The number of thioether (sulfide) groups is 2. The van der Waals surface area contributed by atoms with E-state index >= 15 is 0 Å². The Kier molecular flexibility index (Phi) is 5.88. The maximum Gasteiger partial charge on any atom is 0.151 e. The van der Waals surface area contributed by atoms with Gasteiger partial charge in [-0.05, 0) is 41.5 Å². The summed E-state index contributed by atoms with van der Waals surface area (Å²) in [5.41, 5.74) is 1.04. The summed E-state index contributed by atoms with van der Waals surface area (Å²) in [5.74, 6) is 0. The third-order valence-electron chi connectivity index (χ3n) is 2.84. The molecule has 4 aromatic rings. The fourth-order valence-electron chi connectivity index (χ4n) is 1.83. The number of benzene rings is 2. The fourth-order valence-corrected chi connectivity index (χ4v) is 5.12. The Balaban J connectivity index is 0.000000149. The van der Waals surface area contributed by atoms with Crippen LogP contribution >= 0.6 is 46.4 Å². The van der Waals surface area contributed by atoms with E-state index in [-0.39, 0.29) is 0 Å². The van der Waals surface area contributed by atoms with Crippen LogP contribution in [0.4, 0.5) is 0 Å². The van der Waals surface area contributed by atoms with E-state index in [1.165, 1.54) is 38.1 Å². The smallest absolute Gasteiger partial charge is 0.151 e. The number of rotatable bonds is 3. The number of fused-ring (bicyclic) bond motifs is 2. The van der Waals surface area contributed by atoms with Gasteiger partial charge in [0.25, 0.3) is 0 Å². The standard InChI is InChI=1S/C9H6N2S3.C7H5NS/c10-5-12-6-13-9-11-7-3-1-2-4-8(7)14-9;1-2-4-7-6(3-1)5-8-9-7/h1-4H,6H2;1-5H. The van der Waals surface area contributed by atoms with E-state index in [1.54, 1.807) is 23.1 Å². The third kappa shape index (κ3) is 4.45. The Hall–Kier alpha value is -1.59. The van der Waals surface area contributed by atoms with Gasteiger partial charge < -0.3 is 0 Å². The fraction of sp³-hybridized carbons (Fsp3) is 0.0625. The van der Waals surface area contributed by atoms with Crippen molar-refractivity contribution in [3.8, 4) is 5.40 Å². The summed E-state index contributed by atoms with van der Waals surface area (Å²) in [4.78, 5) is 4.44. The second-order valence-corrected chi connectivity index (χ2v) is 8.52. The molecule has 0 N–H and O–H groups in total. The largest absolute Gasteiger partial charge is 0.230 e. The minimum atomic E-state index is 0.746. The predicted octanol–water partition coefficient (Wildman–Crippen LogP) is 5.86. The summed E-state index contributed by atoms with van der Waals surface area (Å²) < 4.78 is 7.55. The molecule has 2 aromatic heterocycles. The van der Waals surface area contributed by atoms with Crippen molar-refractivity contribution in [2.24, 2.45) is 0 Å². The van der Waals surface area contributed by atoms with Crippen molar-refractivity contribution in [3.63, 3.8) is 0 Å². The van der Waals surface area contributed by atoms with Crippen LogP contribution in [0, 0.1) is 10.7 Å². The minimum Gasteiger partial charge on any atom is -0.230 e.